The fourth-order valence-corrected chi connectivity index (χ4v) is 2.83. The van der Waals surface area contributed by atoms with Crippen LogP contribution in [-0.4, -0.2) is 27.5 Å². The molecule has 1 aliphatic rings. The average Bonchev–Trinajstić information content (AvgIpc) is 2.32. The van der Waals surface area contributed by atoms with Gasteiger partial charge in [-0.05, 0) is 33.1 Å². The van der Waals surface area contributed by atoms with Crippen molar-refractivity contribution in [1.82, 2.24) is 9.55 Å². The molecule has 0 aromatic carbocycles. The Bertz CT molecular complexity index is 506. The summed E-state index contributed by atoms with van der Waals surface area (Å²) in [6.07, 6.45) is 4.55. The lowest BCUT2D eigenvalue weighted by Crippen LogP contribution is -2.45. The summed E-state index contributed by atoms with van der Waals surface area (Å²) in [7, 11) is 0. The SMILES string of the molecule is CC1CN(c2nccn(C(C)(C)C)c2=O)CCC1Br. The van der Waals surface area contributed by atoms with Crippen LogP contribution in [0.1, 0.15) is 34.1 Å². The van der Waals surface area contributed by atoms with Gasteiger partial charge in [0.15, 0.2) is 5.82 Å². The highest BCUT2D eigenvalue weighted by Gasteiger charge is 2.27. The highest BCUT2D eigenvalue weighted by atomic mass is 79.9. The molecule has 1 fully saturated rings. The van der Waals surface area contributed by atoms with Crippen LogP contribution in [0.15, 0.2) is 17.2 Å². The van der Waals surface area contributed by atoms with E-state index < -0.39 is 0 Å². The second-order valence-electron chi connectivity index (χ2n) is 6.32. The monoisotopic (exact) mass is 327 g/mol. The van der Waals surface area contributed by atoms with E-state index >= 15 is 0 Å². The number of nitrogens with zero attached hydrogens (tertiary/aromatic N) is 3. The van der Waals surface area contributed by atoms with E-state index in [2.05, 4.69) is 32.7 Å². The smallest absolute Gasteiger partial charge is 0.293 e. The molecule has 1 aromatic heterocycles. The average molecular weight is 328 g/mol. The molecule has 0 N–H and O–H groups in total. The summed E-state index contributed by atoms with van der Waals surface area (Å²) in [4.78, 5) is 19.5. The predicted octanol–water partition coefficient (Wildman–Crippen LogP) is 2.61. The molecule has 0 spiro atoms. The van der Waals surface area contributed by atoms with Gasteiger partial charge in [0, 0.05) is 35.8 Å². The molecule has 2 unspecified atom stereocenters. The maximum absolute atomic E-state index is 12.6. The van der Waals surface area contributed by atoms with Crippen molar-refractivity contribution < 1.29 is 0 Å². The lowest BCUT2D eigenvalue weighted by atomic mass is 10.0. The fourth-order valence-electron chi connectivity index (χ4n) is 2.46. The number of rotatable bonds is 1. The van der Waals surface area contributed by atoms with Crippen LogP contribution in [0, 0.1) is 5.92 Å². The van der Waals surface area contributed by atoms with Crippen molar-refractivity contribution in [2.75, 3.05) is 18.0 Å². The summed E-state index contributed by atoms with van der Waals surface area (Å²) in [5.74, 6) is 1.11. The van der Waals surface area contributed by atoms with E-state index in [1.807, 2.05) is 20.8 Å². The molecule has 2 atom stereocenters. The van der Waals surface area contributed by atoms with Gasteiger partial charge in [0.25, 0.3) is 5.56 Å². The molecule has 0 saturated carbocycles. The second-order valence-corrected chi connectivity index (χ2v) is 7.50. The Kier molecular flexibility index (Phi) is 4.04. The zero-order valence-electron chi connectivity index (χ0n) is 12.1. The first-order valence-corrected chi connectivity index (χ1v) is 7.69. The minimum Gasteiger partial charge on any atom is -0.352 e. The van der Waals surface area contributed by atoms with Gasteiger partial charge in [0.1, 0.15) is 0 Å². The first-order valence-electron chi connectivity index (χ1n) is 6.78. The van der Waals surface area contributed by atoms with Crippen LogP contribution in [0.25, 0.3) is 0 Å². The van der Waals surface area contributed by atoms with Crippen LogP contribution in [0.5, 0.6) is 0 Å². The van der Waals surface area contributed by atoms with Crippen molar-refractivity contribution in [3.8, 4) is 0 Å². The Morgan fingerprint density at radius 2 is 2.11 bits per heavy atom. The van der Waals surface area contributed by atoms with Gasteiger partial charge in [-0.1, -0.05) is 22.9 Å². The first kappa shape index (κ1) is 14.6. The Morgan fingerprint density at radius 3 is 2.68 bits per heavy atom. The molecule has 2 heterocycles. The van der Waals surface area contributed by atoms with Crippen molar-refractivity contribution >= 4 is 21.7 Å². The summed E-state index contributed by atoms with van der Waals surface area (Å²) < 4.78 is 1.76. The Morgan fingerprint density at radius 1 is 1.42 bits per heavy atom. The molecular formula is C14H22BrN3O. The van der Waals surface area contributed by atoms with Crippen molar-refractivity contribution in [1.29, 1.82) is 0 Å². The molecule has 0 aliphatic carbocycles. The maximum atomic E-state index is 12.6. The Labute approximate surface area is 123 Å². The van der Waals surface area contributed by atoms with Crippen molar-refractivity contribution in [2.24, 2.45) is 5.92 Å². The summed E-state index contributed by atoms with van der Waals surface area (Å²) in [6, 6.07) is 0. The minimum absolute atomic E-state index is 0.00947. The number of alkyl halides is 1. The second kappa shape index (κ2) is 5.27. The van der Waals surface area contributed by atoms with Gasteiger partial charge >= 0.3 is 0 Å². The van der Waals surface area contributed by atoms with Crippen molar-refractivity contribution in [3.63, 3.8) is 0 Å². The van der Waals surface area contributed by atoms with Gasteiger partial charge in [-0.15, -0.1) is 0 Å². The molecule has 4 nitrogen and oxygen atoms in total. The van der Waals surface area contributed by atoms with E-state index in [-0.39, 0.29) is 11.1 Å². The highest BCUT2D eigenvalue weighted by molar-refractivity contribution is 9.09. The third-order valence-electron chi connectivity index (χ3n) is 3.65. The normalized spacial score (nSPS) is 24.6. The van der Waals surface area contributed by atoms with E-state index in [1.165, 1.54) is 0 Å². The largest absolute Gasteiger partial charge is 0.352 e. The lowest BCUT2D eigenvalue weighted by Gasteiger charge is -2.35. The number of hydrogen-bond donors (Lipinski definition) is 0. The van der Waals surface area contributed by atoms with Crippen molar-refractivity contribution in [3.05, 3.63) is 22.7 Å². The molecule has 2 rings (SSSR count). The molecule has 5 heteroatoms. The third-order valence-corrected chi connectivity index (χ3v) is 5.01. The van der Waals surface area contributed by atoms with Crippen molar-refractivity contribution in [2.45, 2.75) is 44.5 Å². The van der Waals surface area contributed by atoms with Crippen LogP contribution >= 0.6 is 15.9 Å². The highest BCUT2D eigenvalue weighted by Crippen LogP contribution is 2.25. The zero-order chi connectivity index (χ0) is 14.2. The first-order chi connectivity index (χ1) is 8.80. The minimum atomic E-state index is -0.214. The fraction of sp³-hybridized carbons (Fsp3) is 0.714. The standard InChI is InChI=1S/C14H22BrN3O/c1-10-9-17(7-5-11(10)15)12-13(19)18(8-6-16-12)14(2,3)4/h6,8,10-11H,5,7,9H2,1-4H3. The van der Waals surface area contributed by atoms with E-state index in [0.717, 1.165) is 19.5 Å². The van der Waals surface area contributed by atoms with Crippen LogP contribution in [0.4, 0.5) is 5.82 Å². The number of hydrogen-bond acceptors (Lipinski definition) is 3. The van der Waals surface area contributed by atoms with Gasteiger partial charge in [-0.3, -0.25) is 4.79 Å². The molecular weight excluding hydrogens is 306 g/mol. The molecule has 1 saturated heterocycles. The van der Waals surface area contributed by atoms with E-state index in [9.17, 15) is 4.79 Å². The summed E-state index contributed by atoms with van der Waals surface area (Å²) >= 11 is 3.69. The molecule has 19 heavy (non-hydrogen) atoms. The van der Waals surface area contributed by atoms with Crippen LogP contribution < -0.4 is 10.5 Å². The lowest BCUT2D eigenvalue weighted by molar-refractivity contribution is 0.380. The molecule has 1 aliphatic heterocycles. The van der Waals surface area contributed by atoms with Crippen LogP contribution in [0.2, 0.25) is 0 Å². The molecule has 0 radical (unpaired) electrons. The summed E-state index contributed by atoms with van der Waals surface area (Å²) in [5, 5.41) is 0. The molecule has 1 aromatic rings. The zero-order valence-corrected chi connectivity index (χ0v) is 13.6. The van der Waals surface area contributed by atoms with Gasteiger partial charge in [-0.25, -0.2) is 4.98 Å². The van der Waals surface area contributed by atoms with Gasteiger partial charge in [0.05, 0.1) is 0 Å². The Balaban J connectivity index is 2.34. The van der Waals surface area contributed by atoms with Crippen LogP contribution in [-0.2, 0) is 5.54 Å². The quantitative estimate of drug-likeness (QED) is 0.744. The van der Waals surface area contributed by atoms with Gasteiger partial charge < -0.3 is 9.47 Å². The van der Waals surface area contributed by atoms with E-state index in [1.54, 1.807) is 17.0 Å². The molecule has 0 bridgehead atoms. The van der Waals surface area contributed by atoms with Gasteiger partial charge in [0.2, 0.25) is 0 Å². The predicted molar refractivity (Wildman–Crippen MR) is 82.2 cm³/mol. The summed E-state index contributed by atoms with van der Waals surface area (Å²) in [5.41, 5.74) is -0.205. The number of anilines is 1. The molecule has 106 valence electrons. The van der Waals surface area contributed by atoms with E-state index in [0.29, 0.717) is 16.6 Å². The third kappa shape index (κ3) is 3.02. The topological polar surface area (TPSA) is 38.1 Å². The number of aromatic nitrogens is 2. The van der Waals surface area contributed by atoms with Crippen LogP contribution in [0.3, 0.4) is 0 Å². The maximum Gasteiger partial charge on any atom is 0.293 e. The van der Waals surface area contributed by atoms with E-state index in [4.69, 9.17) is 0 Å². The van der Waals surface area contributed by atoms with Gasteiger partial charge in [-0.2, -0.15) is 0 Å². The number of piperidine rings is 1. The Hall–Kier alpha value is -0.840. The summed E-state index contributed by atoms with van der Waals surface area (Å²) in [6.45, 7) is 10.1. The molecule has 0 amide bonds. The number of halogens is 1.